The van der Waals surface area contributed by atoms with E-state index < -0.39 is 0 Å². The zero-order chi connectivity index (χ0) is 15.0. The highest BCUT2D eigenvalue weighted by Gasteiger charge is 2.09. The fourth-order valence-electron chi connectivity index (χ4n) is 1.80. The van der Waals surface area contributed by atoms with E-state index in [2.05, 4.69) is 4.90 Å². The molecule has 5 heteroatoms. The summed E-state index contributed by atoms with van der Waals surface area (Å²) >= 11 is 0. The highest BCUT2D eigenvalue weighted by atomic mass is 16.5. The van der Waals surface area contributed by atoms with Crippen LogP contribution in [0.2, 0.25) is 0 Å². The molecule has 20 heavy (non-hydrogen) atoms. The number of nitrogens with two attached hydrogens (primary N) is 1. The lowest BCUT2D eigenvalue weighted by Crippen LogP contribution is -2.30. The summed E-state index contributed by atoms with van der Waals surface area (Å²) in [6.45, 7) is 2.10. The number of amides is 1. The predicted octanol–water partition coefficient (Wildman–Crippen LogP) is 1.45. The van der Waals surface area contributed by atoms with Gasteiger partial charge < -0.3 is 20.3 Å². The second-order valence-corrected chi connectivity index (χ2v) is 5.11. The van der Waals surface area contributed by atoms with Gasteiger partial charge in [0, 0.05) is 13.6 Å². The highest BCUT2D eigenvalue weighted by Crippen LogP contribution is 2.19. The number of rotatable bonds is 8. The molecule has 0 aliphatic rings. The minimum Gasteiger partial charge on any atom is -0.491 e. The standard InChI is InChI=1S/C15H25N3O2/c1-17(2)10-6-11-18(3)15(19)9-12-20-14-8-5-4-7-13(14)16/h4-5,7-8H,6,9-12,16H2,1-3H3. The van der Waals surface area contributed by atoms with Gasteiger partial charge in [0.1, 0.15) is 5.75 Å². The van der Waals surface area contributed by atoms with E-state index in [1.54, 1.807) is 17.0 Å². The Kier molecular flexibility index (Phi) is 6.87. The number of anilines is 1. The first-order chi connectivity index (χ1) is 9.50. The maximum atomic E-state index is 11.9. The van der Waals surface area contributed by atoms with Crippen molar-refractivity contribution in [3.05, 3.63) is 24.3 Å². The fraction of sp³-hybridized carbons (Fsp3) is 0.533. The Morgan fingerprint density at radius 1 is 1.20 bits per heavy atom. The topological polar surface area (TPSA) is 58.8 Å². The van der Waals surface area contributed by atoms with Crippen molar-refractivity contribution in [3.63, 3.8) is 0 Å². The number of carbonyl (C=O) groups excluding carboxylic acids is 1. The van der Waals surface area contributed by atoms with E-state index in [0.29, 0.717) is 24.5 Å². The number of para-hydroxylation sites is 2. The third-order valence-electron chi connectivity index (χ3n) is 3.02. The molecule has 1 amide bonds. The van der Waals surface area contributed by atoms with Gasteiger partial charge in [-0.1, -0.05) is 12.1 Å². The molecule has 0 saturated heterocycles. The van der Waals surface area contributed by atoms with Crippen LogP contribution in [0.1, 0.15) is 12.8 Å². The predicted molar refractivity (Wildman–Crippen MR) is 81.8 cm³/mol. The fourth-order valence-corrected chi connectivity index (χ4v) is 1.80. The largest absolute Gasteiger partial charge is 0.491 e. The van der Waals surface area contributed by atoms with Gasteiger partial charge in [0.2, 0.25) is 5.91 Å². The molecular formula is C15H25N3O2. The Bertz CT molecular complexity index is 421. The Morgan fingerprint density at radius 2 is 1.90 bits per heavy atom. The Balaban J connectivity index is 2.24. The molecule has 0 aliphatic heterocycles. The van der Waals surface area contributed by atoms with Crippen LogP contribution >= 0.6 is 0 Å². The quantitative estimate of drug-likeness (QED) is 0.732. The third-order valence-corrected chi connectivity index (χ3v) is 3.02. The van der Waals surface area contributed by atoms with Crippen LogP contribution < -0.4 is 10.5 Å². The van der Waals surface area contributed by atoms with E-state index in [1.807, 2.05) is 33.3 Å². The average molecular weight is 279 g/mol. The first-order valence-corrected chi connectivity index (χ1v) is 6.86. The molecule has 0 aromatic heterocycles. The zero-order valence-corrected chi connectivity index (χ0v) is 12.6. The summed E-state index contributed by atoms with van der Waals surface area (Å²) in [5.41, 5.74) is 6.36. The van der Waals surface area contributed by atoms with E-state index in [0.717, 1.165) is 19.5 Å². The molecule has 5 nitrogen and oxygen atoms in total. The molecule has 0 saturated carbocycles. The van der Waals surface area contributed by atoms with Gasteiger partial charge in [0.05, 0.1) is 18.7 Å². The molecule has 0 heterocycles. The average Bonchev–Trinajstić information content (AvgIpc) is 2.40. The molecule has 0 fully saturated rings. The number of nitrogen functional groups attached to an aromatic ring is 1. The number of nitrogens with zero attached hydrogens (tertiary/aromatic N) is 2. The molecular weight excluding hydrogens is 254 g/mol. The lowest BCUT2D eigenvalue weighted by atomic mass is 10.3. The molecule has 1 aromatic rings. The summed E-state index contributed by atoms with van der Waals surface area (Å²) in [5, 5.41) is 0. The van der Waals surface area contributed by atoms with Gasteiger partial charge >= 0.3 is 0 Å². The molecule has 1 aromatic carbocycles. The maximum absolute atomic E-state index is 11.9. The van der Waals surface area contributed by atoms with Crippen molar-refractivity contribution in [2.45, 2.75) is 12.8 Å². The lowest BCUT2D eigenvalue weighted by molar-refractivity contribution is -0.130. The number of benzene rings is 1. The second-order valence-electron chi connectivity index (χ2n) is 5.11. The Hall–Kier alpha value is -1.75. The molecule has 1 rings (SSSR count). The van der Waals surface area contributed by atoms with Gasteiger partial charge in [-0.25, -0.2) is 0 Å². The van der Waals surface area contributed by atoms with Gasteiger partial charge in [-0.05, 0) is 39.2 Å². The van der Waals surface area contributed by atoms with E-state index in [4.69, 9.17) is 10.5 Å². The normalized spacial score (nSPS) is 10.6. The van der Waals surface area contributed by atoms with Crippen molar-refractivity contribution in [1.29, 1.82) is 0 Å². The minimum atomic E-state index is 0.0956. The van der Waals surface area contributed by atoms with Crippen LogP contribution in [0.4, 0.5) is 5.69 Å². The molecule has 0 bridgehead atoms. The van der Waals surface area contributed by atoms with E-state index in [9.17, 15) is 4.79 Å². The minimum absolute atomic E-state index is 0.0956. The molecule has 112 valence electrons. The first kappa shape index (κ1) is 16.3. The van der Waals surface area contributed by atoms with E-state index in [1.165, 1.54) is 0 Å². The summed E-state index contributed by atoms with van der Waals surface area (Å²) in [4.78, 5) is 15.8. The maximum Gasteiger partial charge on any atom is 0.225 e. The van der Waals surface area contributed by atoms with Crippen molar-refractivity contribution in [2.24, 2.45) is 0 Å². The summed E-state index contributed by atoms with van der Waals surface area (Å²) < 4.78 is 5.52. The Labute approximate surface area is 121 Å². The monoisotopic (exact) mass is 279 g/mol. The lowest BCUT2D eigenvalue weighted by Gasteiger charge is -2.18. The summed E-state index contributed by atoms with van der Waals surface area (Å²) in [7, 11) is 5.88. The van der Waals surface area contributed by atoms with Gasteiger partial charge in [-0.2, -0.15) is 0 Å². The third kappa shape index (κ3) is 5.93. The summed E-state index contributed by atoms with van der Waals surface area (Å²) in [6, 6.07) is 7.30. The van der Waals surface area contributed by atoms with Gasteiger partial charge in [0.25, 0.3) is 0 Å². The Morgan fingerprint density at radius 3 is 2.55 bits per heavy atom. The second kappa shape index (κ2) is 8.43. The van der Waals surface area contributed by atoms with Crippen LogP contribution in [0.3, 0.4) is 0 Å². The summed E-state index contributed by atoms with van der Waals surface area (Å²) in [5.74, 6) is 0.730. The SMILES string of the molecule is CN(C)CCCN(C)C(=O)CCOc1ccccc1N. The van der Waals surface area contributed by atoms with Crippen molar-refractivity contribution >= 4 is 11.6 Å². The highest BCUT2D eigenvalue weighted by molar-refractivity contribution is 5.76. The van der Waals surface area contributed by atoms with Crippen LogP contribution in [-0.2, 0) is 4.79 Å². The van der Waals surface area contributed by atoms with Crippen molar-refractivity contribution < 1.29 is 9.53 Å². The number of carbonyl (C=O) groups is 1. The molecule has 0 radical (unpaired) electrons. The number of hydrogen-bond acceptors (Lipinski definition) is 4. The van der Waals surface area contributed by atoms with Gasteiger partial charge in [0.15, 0.2) is 0 Å². The van der Waals surface area contributed by atoms with Crippen LogP contribution in [0.15, 0.2) is 24.3 Å². The first-order valence-electron chi connectivity index (χ1n) is 6.86. The van der Waals surface area contributed by atoms with E-state index in [-0.39, 0.29) is 5.91 Å². The summed E-state index contributed by atoms with van der Waals surface area (Å²) in [6.07, 6.45) is 1.34. The van der Waals surface area contributed by atoms with Gasteiger partial charge in [-0.15, -0.1) is 0 Å². The smallest absolute Gasteiger partial charge is 0.225 e. The van der Waals surface area contributed by atoms with Crippen LogP contribution in [-0.4, -0.2) is 56.5 Å². The van der Waals surface area contributed by atoms with Crippen LogP contribution in [0.25, 0.3) is 0 Å². The van der Waals surface area contributed by atoms with Crippen LogP contribution in [0, 0.1) is 0 Å². The zero-order valence-electron chi connectivity index (χ0n) is 12.6. The van der Waals surface area contributed by atoms with Gasteiger partial charge in [-0.3, -0.25) is 4.79 Å². The molecule has 0 spiro atoms. The molecule has 0 aliphatic carbocycles. The number of hydrogen-bond donors (Lipinski definition) is 1. The van der Waals surface area contributed by atoms with Crippen LogP contribution in [0.5, 0.6) is 5.75 Å². The van der Waals surface area contributed by atoms with Crippen molar-refractivity contribution in [2.75, 3.05) is 46.6 Å². The molecule has 0 unspecified atom stereocenters. The van der Waals surface area contributed by atoms with Crippen molar-refractivity contribution in [3.8, 4) is 5.75 Å². The molecule has 0 atom stereocenters. The van der Waals surface area contributed by atoms with Crippen molar-refractivity contribution in [1.82, 2.24) is 9.80 Å². The van der Waals surface area contributed by atoms with E-state index >= 15 is 0 Å². The number of ether oxygens (including phenoxy) is 1. The molecule has 2 N–H and O–H groups in total.